The van der Waals surface area contributed by atoms with Crippen molar-refractivity contribution in [1.82, 2.24) is 4.98 Å². The van der Waals surface area contributed by atoms with Crippen molar-refractivity contribution in [1.29, 1.82) is 0 Å². The number of aliphatic hydroxyl groups is 1. The molecule has 0 aliphatic carbocycles. The molecule has 1 N–H and O–H groups in total. The van der Waals surface area contributed by atoms with Crippen LogP contribution in [0.4, 0.5) is 6.01 Å². The van der Waals surface area contributed by atoms with Gasteiger partial charge in [-0.2, -0.15) is 4.98 Å². The van der Waals surface area contributed by atoms with Gasteiger partial charge in [0.25, 0.3) is 6.01 Å². The second kappa shape index (κ2) is 5.32. The fraction of sp³-hybridized carbons (Fsp3) is 0.727. The minimum atomic E-state index is -0.0795. The van der Waals surface area contributed by atoms with Crippen molar-refractivity contribution < 1.29 is 14.3 Å². The fourth-order valence-electron chi connectivity index (χ4n) is 1.96. The van der Waals surface area contributed by atoms with Crippen LogP contribution in [0.2, 0.25) is 0 Å². The molecule has 2 heterocycles. The Labute approximate surface area is 95.0 Å². The number of nitrogens with zero attached hydrogens (tertiary/aromatic N) is 2. The highest BCUT2D eigenvalue weighted by atomic mass is 16.5. The monoisotopic (exact) mass is 226 g/mol. The van der Waals surface area contributed by atoms with Gasteiger partial charge in [-0.25, -0.2) is 0 Å². The van der Waals surface area contributed by atoms with Crippen molar-refractivity contribution in [3.63, 3.8) is 0 Å². The van der Waals surface area contributed by atoms with Gasteiger partial charge in [0, 0.05) is 26.1 Å². The first kappa shape index (κ1) is 11.4. The van der Waals surface area contributed by atoms with E-state index in [2.05, 4.69) is 4.98 Å². The van der Waals surface area contributed by atoms with Gasteiger partial charge in [-0.1, -0.05) is 0 Å². The lowest BCUT2D eigenvalue weighted by Crippen LogP contribution is -2.31. The average Bonchev–Trinajstić information content (AvgIpc) is 2.79. The number of aromatic nitrogens is 1. The first-order chi connectivity index (χ1) is 7.79. The second-order valence-electron chi connectivity index (χ2n) is 4.24. The molecule has 0 spiro atoms. The maximum absolute atomic E-state index is 8.89. The van der Waals surface area contributed by atoms with Crippen LogP contribution in [0.25, 0.3) is 0 Å². The number of ether oxygens (including phenoxy) is 1. The van der Waals surface area contributed by atoms with E-state index in [1.165, 1.54) is 12.7 Å². The molecule has 0 bridgehead atoms. The van der Waals surface area contributed by atoms with Gasteiger partial charge in [-0.15, -0.1) is 0 Å². The minimum absolute atomic E-state index is 0.0795. The molecule has 5 heteroatoms. The molecule has 1 fully saturated rings. The summed E-state index contributed by atoms with van der Waals surface area (Å²) < 4.78 is 10.7. The van der Waals surface area contributed by atoms with Crippen LogP contribution in [0.1, 0.15) is 18.5 Å². The molecule has 1 aliphatic heterocycles. The lowest BCUT2D eigenvalue weighted by Gasteiger charge is -2.26. The van der Waals surface area contributed by atoms with Crippen molar-refractivity contribution in [3.05, 3.63) is 12.0 Å². The molecule has 1 atom stereocenters. The molecule has 5 nitrogen and oxygen atoms in total. The molecular weight excluding hydrogens is 208 g/mol. The Hall–Kier alpha value is -1.07. The fourth-order valence-corrected chi connectivity index (χ4v) is 1.96. The van der Waals surface area contributed by atoms with E-state index < -0.39 is 0 Å². The molecule has 0 aromatic carbocycles. The van der Waals surface area contributed by atoms with Crippen LogP contribution in [0.5, 0.6) is 0 Å². The third-order valence-corrected chi connectivity index (χ3v) is 2.81. The summed E-state index contributed by atoms with van der Waals surface area (Å²) in [6.07, 6.45) is 3.81. The number of rotatable bonds is 4. The summed E-state index contributed by atoms with van der Waals surface area (Å²) in [6, 6.07) is 0.564. The average molecular weight is 226 g/mol. The van der Waals surface area contributed by atoms with Crippen LogP contribution >= 0.6 is 0 Å². The van der Waals surface area contributed by atoms with Crippen LogP contribution in [-0.2, 0) is 11.3 Å². The number of aliphatic hydroxyl groups excluding tert-OH is 1. The van der Waals surface area contributed by atoms with Crippen molar-refractivity contribution in [2.24, 2.45) is 5.92 Å². The standard InChI is InChI=1S/C11H18N2O3/c1-13(5-9-3-2-4-15-7-9)11-12-10(6-14)8-16-11/h8-9,14H,2-7H2,1H3. The van der Waals surface area contributed by atoms with E-state index >= 15 is 0 Å². The molecule has 0 saturated carbocycles. The van der Waals surface area contributed by atoms with Crippen molar-refractivity contribution >= 4 is 6.01 Å². The second-order valence-corrected chi connectivity index (χ2v) is 4.24. The number of oxazole rings is 1. The predicted octanol–water partition coefficient (Wildman–Crippen LogP) is 1.03. The molecular formula is C11H18N2O3. The third-order valence-electron chi connectivity index (χ3n) is 2.81. The Morgan fingerprint density at radius 2 is 2.50 bits per heavy atom. The Kier molecular flexibility index (Phi) is 3.79. The van der Waals surface area contributed by atoms with Gasteiger partial charge in [-0.3, -0.25) is 0 Å². The van der Waals surface area contributed by atoms with Crippen molar-refractivity contribution in [3.8, 4) is 0 Å². The van der Waals surface area contributed by atoms with E-state index in [1.54, 1.807) is 0 Å². The zero-order valence-electron chi connectivity index (χ0n) is 9.56. The largest absolute Gasteiger partial charge is 0.432 e. The van der Waals surface area contributed by atoms with E-state index in [9.17, 15) is 0 Å². The van der Waals surface area contributed by atoms with Crippen LogP contribution in [-0.4, -0.2) is 36.9 Å². The highest BCUT2D eigenvalue weighted by Gasteiger charge is 2.18. The maximum atomic E-state index is 8.89. The quantitative estimate of drug-likeness (QED) is 0.831. The summed E-state index contributed by atoms with van der Waals surface area (Å²) in [7, 11) is 1.95. The zero-order valence-corrected chi connectivity index (χ0v) is 9.56. The summed E-state index contributed by atoms with van der Waals surface area (Å²) in [6.45, 7) is 2.50. The SMILES string of the molecule is CN(CC1CCCOC1)c1nc(CO)co1. The smallest absolute Gasteiger partial charge is 0.297 e. The van der Waals surface area contributed by atoms with Crippen LogP contribution in [0, 0.1) is 5.92 Å². The molecule has 1 aromatic heterocycles. The summed E-state index contributed by atoms with van der Waals surface area (Å²) in [5, 5.41) is 8.89. The molecule has 16 heavy (non-hydrogen) atoms. The van der Waals surface area contributed by atoms with Crippen LogP contribution < -0.4 is 4.90 Å². The topological polar surface area (TPSA) is 58.7 Å². The Morgan fingerprint density at radius 1 is 1.62 bits per heavy atom. The summed E-state index contributed by atoms with van der Waals surface area (Å²) in [4.78, 5) is 6.13. The van der Waals surface area contributed by atoms with Gasteiger partial charge >= 0.3 is 0 Å². The summed E-state index contributed by atoms with van der Waals surface area (Å²) in [5.74, 6) is 0.545. The van der Waals surface area contributed by atoms with Crippen molar-refractivity contribution in [2.45, 2.75) is 19.4 Å². The lowest BCUT2D eigenvalue weighted by atomic mass is 10.0. The minimum Gasteiger partial charge on any atom is -0.432 e. The van der Waals surface area contributed by atoms with E-state index in [4.69, 9.17) is 14.3 Å². The molecule has 0 radical (unpaired) electrons. The van der Waals surface area contributed by atoms with Gasteiger partial charge in [0.15, 0.2) is 0 Å². The highest BCUT2D eigenvalue weighted by molar-refractivity contribution is 5.25. The normalized spacial score (nSPS) is 21.0. The van der Waals surface area contributed by atoms with Gasteiger partial charge in [-0.05, 0) is 12.8 Å². The number of hydrogen-bond acceptors (Lipinski definition) is 5. The molecule has 1 saturated heterocycles. The van der Waals surface area contributed by atoms with E-state index in [1.807, 2.05) is 11.9 Å². The maximum Gasteiger partial charge on any atom is 0.297 e. The molecule has 1 unspecified atom stereocenters. The summed E-state index contributed by atoms with van der Waals surface area (Å²) in [5.41, 5.74) is 0.571. The van der Waals surface area contributed by atoms with Gasteiger partial charge in [0.2, 0.25) is 0 Å². The van der Waals surface area contributed by atoms with Crippen LogP contribution in [0.15, 0.2) is 10.7 Å². The lowest BCUT2D eigenvalue weighted by molar-refractivity contribution is 0.0573. The third kappa shape index (κ3) is 2.74. The van der Waals surface area contributed by atoms with Gasteiger partial charge in [0.1, 0.15) is 12.0 Å². The number of hydrogen-bond donors (Lipinski definition) is 1. The number of anilines is 1. The van der Waals surface area contributed by atoms with E-state index in [0.717, 1.165) is 26.2 Å². The molecule has 2 rings (SSSR count). The van der Waals surface area contributed by atoms with Crippen LogP contribution in [0.3, 0.4) is 0 Å². The van der Waals surface area contributed by atoms with E-state index in [-0.39, 0.29) is 6.61 Å². The first-order valence-electron chi connectivity index (χ1n) is 5.63. The van der Waals surface area contributed by atoms with Gasteiger partial charge < -0.3 is 19.2 Å². The molecule has 1 aromatic rings. The zero-order chi connectivity index (χ0) is 11.4. The Bertz CT molecular complexity index is 321. The highest BCUT2D eigenvalue weighted by Crippen LogP contribution is 2.18. The van der Waals surface area contributed by atoms with Gasteiger partial charge in [0.05, 0.1) is 13.2 Å². The first-order valence-corrected chi connectivity index (χ1v) is 5.63. The molecule has 1 aliphatic rings. The Balaban J connectivity index is 1.88. The molecule has 90 valence electrons. The van der Waals surface area contributed by atoms with Crippen molar-refractivity contribution in [2.75, 3.05) is 31.7 Å². The van der Waals surface area contributed by atoms with E-state index in [0.29, 0.717) is 17.6 Å². The summed E-state index contributed by atoms with van der Waals surface area (Å²) >= 11 is 0. The Morgan fingerprint density at radius 3 is 3.12 bits per heavy atom. The predicted molar refractivity (Wildman–Crippen MR) is 59.2 cm³/mol. The molecule has 0 amide bonds.